The standard InChI is InChI=1S/C38H41N7O10S.C2H4O3.C2H6/c39-11-2-1-4-28(44-38(56)41-20-7-9-22(10-8-20)55-37-30(47)13-21(46)17-54-37)34(50)40-15-31(48)42-26-5-3-6-27-24(26)12-19-16-45-29(32(19)43-27)14-23-25(35(45)51)18-53-36(52)33(23)49;3-1-2(4)5;1-2/h3,5-10,12,14,21,28,30,33,37,46-47,49H,1-2,4,11,13,15-18,39H2,(H,40,50)(H,42,48)(H2,41,44,56);3H,1H2,(H,4,5);1-2H3/t21-,28-,30-,33-,37+;;/m0../s1. The number of anilines is 2. The van der Waals surface area contributed by atoms with E-state index in [4.69, 9.17) is 52.2 Å². The zero-order chi connectivity index (χ0) is 45.8. The van der Waals surface area contributed by atoms with E-state index in [0.717, 1.165) is 0 Å². The van der Waals surface area contributed by atoms with Crippen LogP contribution in [0, 0.1) is 0 Å². The molecule has 2 amide bonds. The number of rotatable bonds is 13. The van der Waals surface area contributed by atoms with E-state index in [1.165, 1.54) is 4.57 Å². The van der Waals surface area contributed by atoms with Crippen LogP contribution in [0.25, 0.3) is 22.3 Å². The number of thiocarbonyl (C=S) groups is 1. The van der Waals surface area contributed by atoms with Crippen LogP contribution in [0.4, 0.5) is 11.4 Å². The molecule has 1 fully saturated rings. The minimum absolute atomic E-state index is 0.0650. The number of nitrogens with zero attached hydrogens (tertiary/aromatic N) is 2. The van der Waals surface area contributed by atoms with Gasteiger partial charge in [-0.05, 0) is 86.6 Å². The molecule has 0 unspecified atom stereocenters. The first-order valence-corrected chi connectivity index (χ1v) is 20.6. The number of unbranched alkanes of at least 4 members (excludes halogenated alkanes) is 1. The van der Waals surface area contributed by atoms with Gasteiger partial charge in [0.1, 0.15) is 31.1 Å². The molecule has 0 radical (unpaired) electrons. The maximum absolute atomic E-state index is 13.4. The number of pyridine rings is 2. The Balaban J connectivity index is 0.000000999. The number of nitrogens with two attached hydrogens (primary N) is 1. The maximum Gasteiger partial charge on any atom is 0.340 e. The van der Waals surface area contributed by atoms with Gasteiger partial charge in [0.25, 0.3) is 5.56 Å². The van der Waals surface area contributed by atoms with Gasteiger partial charge in [-0.25, -0.2) is 14.6 Å². The van der Waals surface area contributed by atoms with Crippen LogP contribution < -0.4 is 37.3 Å². The van der Waals surface area contributed by atoms with Crippen LogP contribution in [0.2, 0.25) is 0 Å². The first-order valence-electron chi connectivity index (χ1n) is 20.2. The van der Waals surface area contributed by atoms with Gasteiger partial charge in [0.05, 0.1) is 54.0 Å². The van der Waals surface area contributed by atoms with Gasteiger partial charge in [-0.3, -0.25) is 14.4 Å². The number of hydrogen-bond acceptors (Lipinski definition) is 15. The van der Waals surface area contributed by atoms with Crippen molar-refractivity contribution in [2.45, 2.75) is 83.3 Å². The summed E-state index contributed by atoms with van der Waals surface area (Å²) < 4.78 is 17.6. The van der Waals surface area contributed by atoms with E-state index in [9.17, 15) is 34.5 Å². The fourth-order valence-corrected chi connectivity index (χ4v) is 7.13. The van der Waals surface area contributed by atoms with Crippen molar-refractivity contribution in [2.75, 3.05) is 36.9 Å². The van der Waals surface area contributed by atoms with E-state index in [2.05, 4.69) is 21.3 Å². The molecule has 7 rings (SSSR count). The van der Waals surface area contributed by atoms with E-state index in [-0.39, 0.29) is 54.5 Å². The summed E-state index contributed by atoms with van der Waals surface area (Å²) in [5, 5.41) is 57.5. The lowest BCUT2D eigenvalue weighted by molar-refractivity contribution is -0.198. The second-order valence-corrected chi connectivity index (χ2v) is 14.7. The molecule has 2 aromatic heterocycles. The van der Waals surface area contributed by atoms with E-state index < -0.39 is 61.0 Å². The highest BCUT2D eigenvalue weighted by Gasteiger charge is 2.34. The van der Waals surface area contributed by atoms with Gasteiger partial charge in [-0.1, -0.05) is 19.9 Å². The molecule has 20 nitrogen and oxygen atoms in total. The van der Waals surface area contributed by atoms with Crippen molar-refractivity contribution in [1.29, 1.82) is 0 Å². The third kappa shape index (κ3) is 12.1. The molecule has 1 saturated heterocycles. The van der Waals surface area contributed by atoms with Crippen LogP contribution >= 0.6 is 12.2 Å². The van der Waals surface area contributed by atoms with Gasteiger partial charge < -0.3 is 71.3 Å². The maximum atomic E-state index is 13.4. The summed E-state index contributed by atoms with van der Waals surface area (Å²) in [5.41, 5.74) is 9.04. The molecule has 63 heavy (non-hydrogen) atoms. The number of nitrogens with one attached hydrogen (secondary N) is 4. The highest BCUT2D eigenvalue weighted by molar-refractivity contribution is 7.80. The average Bonchev–Trinajstić information content (AvgIpc) is 3.63. The monoisotopic (exact) mass is 893 g/mol. The number of amides is 2. The third-order valence-electron chi connectivity index (χ3n) is 9.87. The predicted molar refractivity (Wildman–Crippen MR) is 232 cm³/mol. The summed E-state index contributed by atoms with van der Waals surface area (Å²) in [6.45, 7) is 3.38. The Morgan fingerprint density at radius 2 is 1.78 bits per heavy atom. The van der Waals surface area contributed by atoms with Crippen LogP contribution in [-0.2, 0) is 41.8 Å². The molecular weight excluding hydrogens is 843 g/mol. The fraction of sp³-hybridized carbons (Fsp3) is 0.405. The summed E-state index contributed by atoms with van der Waals surface area (Å²) >= 11 is 5.50. The Morgan fingerprint density at radius 1 is 1.05 bits per heavy atom. The van der Waals surface area contributed by atoms with E-state index in [0.29, 0.717) is 70.8 Å². The number of ether oxygens (including phenoxy) is 3. The molecule has 21 heteroatoms. The molecule has 338 valence electrons. The number of hydrogen-bond donors (Lipinski definition) is 10. The second-order valence-electron chi connectivity index (χ2n) is 14.3. The number of carboxylic acid groups (broad SMARTS) is 1. The van der Waals surface area contributed by atoms with Crippen LogP contribution in [0.5, 0.6) is 5.75 Å². The largest absolute Gasteiger partial charge is 0.480 e. The molecule has 0 saturated carbocycles. The van der Waals surface area contributed by atoms with Crippen molar-refractivity contribution < 1.29 is 58.9 Å². The van der Waals surface area contributed by atoms with Crippen molar-refractivity contribution in [1.82, 2.24) is 20.2 Å². The summed E-state index contributed by atoms with van der Waals surface area (Å²) in [6, 6.07) is 14.6. The Hall–Kier alpha value is -6.07. The number of esters is 1. The van der Waals surface area contributed by atoms with Crippen LogP contribution in [-0.4, -0.2) is 115 Å². The number of aromatic nitrogens is 2. The quantitative estimate of drug-likeness (QED) is 0.0448. The number of carbonyl (C=O) groups excluding carboxylic acids is 3. The van der Waals surface area contributed by atoms with Crippen LogP contribution in [0.3, 0.4) is 0 Å². The highest BCUT2D eigenvalue weighted by atomic mass is 32.1. The number of fused-ring (bicyclic) bond motifs is 5. The van der Waals surface area contributed by atoms with E-state index in [1.54, 1.807) is 48.5 Å². The molecule has 0 bridgehead atoms. The van der Waals surface area contributed by atoms with Gasteiger partial charge in [0.2, 0.25) is 18.1 Å². The lowest BCUT2D eigenvalue weighted by atomic mass is 10.0. The molecule has 0 aliphatic carbocycles. The average molecular weight is 894 g/mol. The topological polar surface area (TPSA) is 306 Å². The van der Waals surface area contributed by atoms with Gasteiger partial charge in [-0.15, -0.1) is 0 Å². The molecule has 4 aromatic rings. The van der Waals surface area contributed by atoms with Gasteiger partial charge in [0.15, 0.2) is 11.2 Å². The number of aliphatic carboxylic acids is 1. The molecular formula is C42H51N7O13S. The van der Waals surface area contributed by atoms with Crippen LogP contribution in [0.1, 0.15) is 62.3 Å². The van der Waals surface area contributed by atoms with Crippen molar-refractivity contribution in [3.8, 4) is 17.1 Å². The zero-order valence-electron chi connectivity index (χ0n) is 34.5. The summed E-state index contributed by atoms with van der Waals surface area (Å²) in [7, 11) is 0. The first kappa shape index (κ1) is 48.0. The fourth-order valence-electron chi connectivity index (χ4n) is 6.87. The number of carbonyl (C=O) groups is 4. The predicted octanol–water partition coefficient (Wildman–Crippen LogP) is 0.991. The van der Waals surface area contributed by atoms with Crippen molar-refractivity contribution in [3.05, 3.63) is 81.6 Å². The molecule has 5 atom stereocenters. The molecule has 3 aliphatic heterocycles. The van der Waals surface area contributed by atoms with E-state index >= 15 is 0 Å². The van der Waals surface area contributed by atoms with Crippen molar-refractivity contribution in [2.24, 2.45) is 5.73 Å². The highest BCUT2D eigenvalue weighted by Crippen LogP contribution is 2.36. The normalized spacial score (nSPS) is 18.6. The number of benzene rings is 2. The summed E-state index contributed by atoms with van der Waals surface area (Å²) in [6.07, 6.45) is -2.31. The Morgan fingerprint density at radius 3 is 2.46 bits per heavy atom. The number of cyclic esters (lactones) is 1. The summed E-state index contributed by atoms with van der Waals surface area (Å²) in [4.78, 5) is 65.7. The molecule has 3 aliphatic rings. The zero-order valence-corrected chi connectivity index (χ0v) is 35.4. The molecule has 11 N–H and O–H groups in total. The van der Waals surface area contributed by atoms with Gasteiger partial charge >= 0.3 is 11.9 Å². The molecule has 2 aromatic carbocycles. The van der Waals surface area contributed by atoms with Crippen LogP contribution in [0.15, 0.2) is 59.4 Å². The van der Waals surface area contributed by atoms with Crippen molar-refractivity contribution >= 4 is 63.4 Å². The van der Waals surface area contributed by atoms with Gasteiger partial charge in [0, 0.05) is 28.6 Å². The third-order valence-corrected chi connectivity index (χ3v) is 10.1. The lowest BCUT2D eigenvalue weighted by Gasteiger charge is -2.31. The number of aliphatic hydroxyl groups is 4. The smallest absolute Gasteiger partial charge is 0.340 e. The van der Waals surface area contributed by atoms with E-state index in [1.807, 2.05) is 19.9 Å². The second kappa shape index (κ2) is 22.3. The Bertz CT molecular complexity index is 2360. The summed E-state index contributed by atoms with van der Waals surface area (Å²) in [5.74, 6) is -2.49. The van der Waals surface area contributed by atoms with Gasteiger partial charge in [-0.2, -0.15) is 0 Å². The number of carboxylic acids is 1. The Kier molecular flexibility index (Phi) is 17.0. The first-order chi connectivity index (χ1) is 30.3. The van der Waals surface area contributed by atoms with Crippen molar-refractivity contribution in [3.63, 3.8) is 0 Å². The SMILES string of the molecule is CC.NCCCC[C@H](NC(=S)Nc1ccc(O[C@H]2OC[C@@H](O)C[C@@H]2O)cc1)C(=O)NCC(=O)Nc1cccc2nc3c(cc12)Cn1c-3cc2c(c1=O)COC(=O)[C@H]2O.O=C(O)CO. The minimum Gasteiger partial charge on any atom is -0.480 e. The number of aliphatic hydroxyl groups excluding tert-OH is 4. The molecule has 5 heterocycles. The minimum atomic E-state index is -1.56. The molecule has 0 spiro atoms. The lowest BCUT2D eigenvalue weighted by Crippen LogP contribution is -2.49. The Labute approximate surface area is 366 Å².